The fraction of sp³-hybridized carbons (Fsp3) is 0.211. The first-order chi connectivity index (χ1) is 11.5. The molecule has 0 aliphatic carbocycles. The Morgan fingerprint density at radius 1 is 0.792 bits per heavy atom. The third kappa shape index (κ3) is 3.51. The Kier molecular flexibility index (Phi) is 4.42. The Morgan fingerprint density at radius 2 is 1.54 bits per heavy atom. The molecule has 0 saturated heterocycles. The van der Waals surface area contributed by atoms with Gasteiger partial charge in [0.2, 0.25) is 5.95 Å². The molecule has 0 unspecified atom stereocenters. The molecule has 0 spiro atoms. The molecule has 5 nitrogen and oxygen atoms in total. The van der Waals surface area contributed by atoms with Crippen molar-refractivity contribution in [3.05, 3.63) is 64.8 Å². The molecule has 0 amide bonds. The van der Waals surface area contributed by atoms with E-state index in [0.29, 0.717) is 11.8 Å². The van der Waals surface area contributed by atoms with Gasteiger partial charge in [-0.05, 0) is 62.1 Å². The predicted octanol–water partition coefficient (Wildman–Crippen LogP) is 4.59. The summed E-state index contributed by atoms with van der Waals surface area (Å²) in [4.78, 5) is 4.50. The molecule has 2 aromatic carbocycles. The van der Waals surface area contributed by atoms with Gasteiger partial charge in [-0.25, -0.2) is 0 Å². The van der Waals surface area contributed by atoms with Gasteiger partial charge >= 0.3 is 0 Å². The summed E-state index contributed by atoms with van der Waals surface area (Å²) >= 11 is 0. The van der Waals surface area contributed by atoms with Crippen molar-refractivity contribution < 1.29 is 0 Å². The van der Waals surface area contributed by atoms with Crippen LogP contribution in [0.15, 0.2) is 42.6 Å². The largest absolute Gasteiger partial charge is 0.338 e. The van der Waals surface area contributed by atoms with Crippen LogP contribution in [-0.2, 0) is 0 Å². The third-order valence-corrected chi connectivity index (χ3v) is 4.06. The Hall–Kier alpha value is -2.95. The van der Waals surface area contributed by atoms with Gasteiger partial charge < -0.3 is 10.6 Å². The summed E-state index contributed by atoms with van der Waals surface area (Å²) in [5.74, 6) is 1.13. The van der Waals surface area contributed by atoms with Crippen LogP contribution in [0.2, 0.25) is 0 Å². The standard InChI is InChI=1S/C19H21N5/c1-12-8-9-16(10-15(12)4)21-19-23-17(11-20-24-19)22-18-13(2)6-5-7-14(18)3/h5-11H,1-4H3,(H2,21,22,23,24). The zero-order valence-corrected chi connectivity index (χ0v) is 14.4. The Labute approximate surface area is 142 Å². The van der Waals surface area contributed by atoms with Crippen LogP contribution < -0.4 is 10.6 Å². The molecule has 3 rings (SSSR count). The monoisotopic (exact) mass is 319 g/mol. The Bertz CT molecular complexity index is 853. The minimum atomic E-state index is 0.467. The molecule has 1 aromatic heterocycles. The Balaban J connectivity index is 1.82. The minimum Gasteiger partial charge on any atom is -0.338 e. The molecule has 2 N–H and O–H groups in total. The number of nitrogens with one attached hydrogen (secondary N) is 2. The Morgan fingerprint density at radius 3 is 2.25 bits per heavy atom. The van der Waals surface area contributed by atoms with Crippen LogP contribution in [0.3, 0.4) is 0 Å². The molecule has 0 bridgehead atoms. The first-order valence-electron chi connectivity index (χ1n) is 7.90. The number of anilines is 4. The molecule has 0 aliphatic rings. The van der Waals surface area contributed by atoms with Crippen LogP contribution >= 0.6 is 0 Å². The van der Waals surface area contributed by atoms with E-state index in [1.807, 2.05) is 12.1 Å². The van der Waals surface area contributed by atoms with E-state index in [1.165, 1.54) is 11.1 Å². The van der Waals surface area contributed by atoms with Crippen LogP contribution in [0.25, 0.3) is 0 Å². The lowest BCUT2D eigenvalue weighted by atomic mass is 10.1. The van der Waals surface area contributed by atoms with Gasteiger partial charge in [0.05, 0.1) is 6.20 Å². The van der Waals surface area contributed by atoms with Crippen molar-refractivity contribution in [2.24, 2.45) is 0 Å². The lowest BCUT2D eigenvalue weighted by Crippen LogP contribution is -2.04. The molecular weight excluding hydrogens is 298 g/mol. The van der Waals surface area contributed by atoms with Crippen molar-refractivity contribution in [1.29, 1.82) is 0 Å². The summed E-state index contributed by atoms with van der Waals surface area (Å²) in [5, 5.41) is 14.6. The van der Waals surface area contributed by atoms with Crippen molar-refractivity contribution >= 4 is 23.1 Å². The van der Waals surface area contributed by atoms with Gasteiger partial charge in [-0.2, -0.15) is 10.1 Å². The maximum Gasteiger partial charge on any atom is 0.249 e. The summed E-state index contributed by atoms with van der Waals surface area (Å²) in [5.41, 5.74) is 6.80. The molecule has 1 heterocycles. The predicted molar refractivity (Wildman–Crippen MR) is 98.2 cm³/mol. The van der Waals surface area contributed by atoms with Crippen LogP contribution in [0, 0.1) is 27.7 Å². The van der Waals surface area contributed by atoms with Crippen LogP contribution in [0.5, 0.6) is 0 Å². The van der Waals surface area contributed by atoms with Gasteiger partial charge in [0.25, 0.3) is 0 Å². The van der Waals surface area contributed by atoms with Gasteiger partial charge in [-0.1, -0.05) is 24.3 Å². The molecule has 0 saturated carbocycles. The number of para-hydroxylation sites is 1. The average Bonchev–Trinajstić information content (AvgIpc) is 2.55. The molecular formula is C19H21N5. The van der Waals surface area contributed by atoms with Crippen molar-refractivity contribution in [2.75, 3.05) is 10.6 Å². The second-order valence-electron chi connectivity index (χ2n) is 5.98. The molecule has 24 heavy (non-hydrogen) atoms. The molecule has 0 fully saturated rings. The normalized spacial score (nSPS) is 10.5. The van der Waals surface area contributed by atoms with E-state index in [1.54, 1.807) is 6.20 Å². The maximum absolute atomic E-state index is 4.50. The van der Waals surface area contributed by atoms with Crippen molar-refractivity contribution in [3.8, 4) is 0 Å². The average molecular weight is 319 g/mol. The van der Waals surface area contributed by atoms with Gasteiger partial charge in [-0.3, -0.25) is 0 Å². The summed E-state index contributed by atoms with van der Waals surface area (Å²) in [6.45, 7) is 8.31. The summed E-state index contributed by atoms with van der Waals surface area (Å²) in [6, 6.07) is 12.3. The van der Waals surface area contributed by atoms with Gasteiger partial charge in [0.1, 0.15) is 0 Å². The quantitative estimate of drug-likeness (QED) is 0.736. The lowest BCUT2D eigenvalue weighted by Gasteiger charge is -2.12. The summed E-state index contributed by atoms with van der Waals surface area (Å²) in [6.07, 6.45) is 1.62. The highest BCUT2D eigenvalue weighted by molar-refractivity contribution is 5.65. The smallest absolute Gasteiger partial charge is 0.249 e. The molecule has 0 aliphatic heterocycles. The van der Waals surface area contributed by atoms with Gasteiger partial charge in [-0.15, -0.1) is 5.10 Å². The first-order valence-corrected chi connectivity index (χ1v) is 7.90. The molecule has 122 valence electrons. The van der Waals surface area contributed by atoms with E-state index in [2.05, 4.69) is 77.8 Å². The highest BCUT2D eigenvalue weighted by Crippen LogP contribution is 2.24. The van der Waals surface area contributed by atoms with Gasteiger partial charge in [0, 0.05) is 11.4 Å². The number of hydrogen-bond donors (Lipinski definition) is 2. The number of benzene rings is 2. The van der Waals surface area contributed by atoms with E-state index in [0.717, 1.165) is 22.5 Å². The van der Waals surface area contributed by atoms with Crippen LogP contribution in [-0.4, -0.2) is 15.2 Å². The van der Waals surface area contributed by atoms with E-state index in [-0.39, 0.29) is 0 Å². The van der Waals surface area contributed by atoms with E-state index >= 15 is 0 Å². The molecule has 5 heteroatoms. The van der Waals surface area contributed by atoms with Crippen molar-refractivity contribution in [3.63, 3.8) is 0 Å². The highest BCUT2D eigenvalue weighted by atomic mass is 15.3. The van der Waals surface area contributed by atoms with E-state index in [4.69, 9.17) is 0 Å². The lowest BCUT2D eigenvalue weighted by molar-refractivity contribution is 0.981. The summed E-state index contributed by atoms with van der Waals surface area (Å²) in [7, 11) is 0. The zero-order chi connectivity index (χ0) is 17.1. The fourth-order valence-corrected chi connectivity index (χ4v) is 2.50. The number of hydrogen-bond acceptors (Lipinski definition) is 5. The number of aromatic nitrogens is 3. The molecule has 0 radical (unpaired) electrons. The zero-order valence-electron chi connectivity index (χ0n) is 14.4. The van der Waals surface area contributed by atoms with Gasteiger partial charge in [0.15, 0.2) is 5.82 Å². The maximum atomic E-state index is 4.50. The highest BCUT2D eigenvalue weighted by Gasteiger charge is 2.06. The van der Waals surface area contributed by atoms with E-state index in [9.17, 15) is 0 Å². The van der Waals surface area contributed by atoms with Crippen molar-refractivity contribution in [2.45, 2.75) is 27.7 Å². The third-order valence-electron chi connectivity index (χ3n) is 4.06. The van der Waals surface area contributed by atoms with E-state index < -0.39 is 0 Å². The summed E-state index contributed by atoms with van der Waals surface area (Å²) < 4.78 is 0. The van der Waals surface area contributed by atoms with Crippen LogP contribution in [0.4, 0.5) is 23.1 Å². The molecule has 0 atom stereocenters. The second-order valence-corrected chi connectivity index (χ2v) is 5.98. The molecule has 3 aromatic rings. The number of nitrogens with zero attached hydrogens (tertiary/aromatic N) is 3. The SMILES string of the molecule is Cc1ccc(Nc2nncc(Nc3c(C)cccc3C)n2)cc1C. The number of aryl methyl sites for hydroxylation is 4. The van der Waals surface area contributed by atoms with Crippen molar-refractivity contribution in [1.82, 2.24) is 15.2 Å². The number of rotatable bonds is 4. The van der Waals surface area contributed by atoms with Crippen LogP contribution in [0.1, 0.15) is 22.3 Å². The minimum absolute atomic E-state index is 0.467. The topological polar surface area (TPSA) is 62.7 Å². The first kappa shape index (κ1) is 15.9. The fourth-order valence-electron chi connectivity index (χ4n) is 2.50. The second kappa shape index (κ2) is 6.66.